The van der Waals surface area contributed by atoms with Crippen LogP contribution in [-0.2, 0) is 9.59 Å². The van der Waals surface area contributed by atoms with Crippen molar-refractivity contribution < 1.29 is 14.7 Å². The lowest BCUT2D eigenvalue weighted by Gasteiger charge is -2.22. The summed E-state index contributed by atoms with van der Waals surface area (Å²) >= 11 is 1.60. The molecule has 0 aromatic rings. The summed E-state index contributed by atoms with van der Waals surface area (Å²) in [6, 6.07) is -0.805. The summed E-state index contributed by atoms with van der Waals surface area (Å²) in [6.07, 6.45) is 1.85. The second kappa shape index (κ2) is 4.21. The summed E-state index contributed by atoms with van der Waals surface area (Å²) in [5.41, 5.74) is 0. The third-order valence-corrected chi connectivity index (χ3v) is 3.94. The number of amides is 1. The number of thioether (sulfide) groups is 1. The molecule has 2 atom stereocenters. The Hall–Kier alpha value is -0.710. The van der Waals surface area contributed by atoms with E-state index in [0.29, 0.717) is 0 Å². The topological polar surface area (TPSA) is 66.4 Å². The minimum atomic E-state index is -0.995. The maximum absolute atomic E-state index is 11.7. The number of hydrogen-bond donors (Lipinski definition) is 2. The Morgan fingerprint density at radius 3 is 2.64 bits per heavy atom. The van der Waals surface area contributed by atoms with Gasteiger partial charge in [-0.15, -0.1) is 11.8 Å². The van der Waals surface area contributed by atoms with Crippen LogP contribution in [0, 0.1) is 0 Å². The number of carbonyl (C=O) groups excluding carboxylic acids is 1. The van der Waals surface area contributed by atoms with Gasteiger partial charge in [-0.3, -0.25) is 9.59 Å². The standard InChI is InChI=1S/C9H15NO3S/c1-6(7(11)12)10-8(13)9(2)4-3-5-14-9/h6H,3-5H2,1-2H3,(H,10,13)(H,11,12). The molecule has 1 fully saturated rings. The molecular formula is C9H15NO3S. The molecule has 4 nitrogen and oxygen atoms in total. The van der Waals surface area contributed by atoms with Gasteiger partial charge in [0.2, 0.25) is 5.91 Å². The number of rotatable bonds is 3. The van der Waals surface area contributed by atoms with Crippen LogP contribution in [0.4, 0.5) is 0 Å². The van der Waals surface area contributed by atoms with Gasteiger partial charge >= 0.3 is 5.97 Å². The fourth-order valence-electron chi connectivity index (χ4n) is 1.37. The zero-order chi connectivity index (χ0) is 10.8. The Morgan fingerprint density at radius 2 is 2.21 bits per heavy atom. The molecule has 0 aromatic heterocycles. The maximum Gasteiger partial charge on any atom is 0.325 e. The third-order valence-electron chi connectivity index (χ3n) is 2.42. The van der Waals surface area contributed by atoms with Gasteiger partial charge in [-0.2, -0.15) is 0 Å². The van der Waals surface area contributed by atoms with E-state index >= 15 is 0 Å². The van der Waals surface area contributed by atoms with Crippen molar-refractivity contribution in [3.05, 3.63) is 0 Å². The molecule has 5 heteroatoms. The van der Waals surface area contributed by atoms with E-state index < -0.39 is 16.8 Å². The molecule has 0 spiro atoms. The molecule has 1 aliphatic rings. The van der Waals surface area contributed by atoms with E-state index in [2.05, 4.69) is 5.32 Å². The quantitative estimate of drug-likeness (QED) is 0.736. The molecule has 1 aliphatic heterocycles. The summed E-state index contributed by atoms with van der Waals surface area (Å²) in [6.45, 7) is 3.35. The van der Waals surface area contributed by atoms with Gasteiger partial charge in [-0.1, -0.05) is 0 Å². The zero-order valence-electron chi connectivity index (χ0n) is 8.37. The van der Waals surface area contributed by atoms with Gasteiger partial charge in [0.05, 0.1) is 4.75 Å². The number of hydrogen-bond acceptors (Lipinski definition) is 3. The van der Waals surface area contributed by atoms with E-state index in [1.165, 1.54) is 6.92 Å². The molecule has 80 valence electrons. The lowest BCUT2D eigenvalue weighted by Crippen LogP contribution is -2.47. The number of aliphatic carboxylic acids is 1. The first-order chi connectivity index (χ1) is 6.46. The van der Waals surface area contributed by atoms with Crippen molar-refractivity contribution in [3.63, 3.8) is 0 Å². The monoisotopic (exact) mass is 217 g/mol. The molecule has 2 N–H and O–H groups in total. The zero-order valence-corrected chi connectivity index (χ0v) is 9.19. The highest BCUT2D eigenvalue weighted by atomic mass is 32.2. The van der Waals surface area contributed by atoms with Crippen molar-refractivity contribution in [3.8, 4) is 0 Å². The molecule has 0 radical (unpaired) electrons. The Balaban J connectivity index is 2.53. The van der Waals surface area contributed by atoms with Crippen LogP contribution in [0.5, 0.6) is 0 Å². The van der Waals surface area contributed by atoms with E-state index in [1.54, 1.807) is 11.8 Å². The maximum atomic E-state index is 11.7. The predicted molar refractivity (Wildman–Crippen MR) is 55.3 cm³/mol. The van der Waals surface area contributed by atoms with Crippen LogP contribution in [0.15, 0.2) is 0 Å². The van der Waals surface area contributed by atoms with Crippen molar-refractivity contribution >= 4 is 23.6 Å². The molecule has 0 bridgehead atoms. The largest absolute Gasteiger partial charge is 0.480 e. The van der Waals surface area contributed by atoms with Crippen LogP contribution in [-0.4, -0.2) is 33.5 Å². The number of carboxylic acids is 1. The summed E-state index contributed by atoms with van der Waals surface area (Å²) in [7, 11) is 0. The van der Waals surface area contributed by atoms with Gasteiger partial charge in [0.25, 0.3) is 0 Å². The third kappa shape index (κ3) is 2.41. The van der Waals surface area contributed by atoms with Crippen molar-refractivity contribution in [2.75, 3.05) is 5.75 Å². The SMILES string of the molecule is CC(NC(=O)C1(C)CCCS1)C(=O)O. The highest BCUT2D eigenvalue weighted by Crippen LogP contribution is 2.37. The summed E-state index contributed by atoms with van der Waals surface area (Å²) < 4.78 is -0.427. The Kier molecular flexibility index (Phi) is 3.42. The smallest absolute Gasteiger partial charge is 0.325 e. The van der Waals surface area contributed by atoms with Crippen molar-refractivity contribution in [1.82, 2.24) is 5.32 Å². The molecule has 1 amide bonds. The van der Waals surface area contributed by atoms with Gasteiger partial charge in [0.1, 0.15) is 6.04 Å². The average molecular weight is 217 g/mol. The average Bonchev–Trinajstić information content (AvgIpc) is 2.53. The van der Waals surface area contributed by atoms with Crippen LogP contribution in [0.3, 0.4) is 0 Å². The second-order valence-corrected chi connectivity index (χ2v) is 5.31. The van der Waals surface area contributed by atoms with Gasteiger partial charge in [-0.25, -0.2) is 0 Å². The fourth-order valence-corrected chi connectivity index (χ4v) is 2.59. The molecule has 0 saturated carbocycles. The second-order valence-electron chi connectivity index (χ2n) is 3.72. The number of nitrogens with one attached hydrogen (secondary N) is 1. The molecule has 1 heterocycles. The van der Waals surface area contributed by atoms with Crippen LogP contribution in [0.25, 0.3) is 0 Å². The Bertz CT molecular complexity index is 248. The van der Waals surface area contributed by atoms with Gasteiger partial charge in [0.15, 0.2) is 0 Å². The van der Waals surface area contributed by atoms with E-state index in [1.807, 2.05) is 6.92 Å². The van der Waals surface area contributed by atoms with E-state index in [0.717, 1.165) is 18.6 Å². The van der Waals surface area contributed by atoms with Crippen molar-refractivity contribution in [1.29, 1.82) is 0 Å². The summed E-state index contributed by atoms with van der Waals surface area (Å²) in [5, 5.41) is 11.1. The molecule has 2 unspecified atom stereocenters. The van der Waals surface area contributed by atoms with Gasteiger partial charge < -0.3 is 10.4 Å². The van der Waals surface area contributed by atoms with Crippen LogP contribution >= 0.6 is 11.8 Å². The normalized spacial score (nSPS) is 28.4. The predicted octanol–water partition coefficient (Wildman–Crippen LogP) is 0.861. The summed E-state index contributed by atoms with van der Waals surface area (Å²) in [4.78, 5) is 22.2. The lowest BCUT2D eigenvalue weighted by molar-refractivity contribution is -0.141. The van der Waals surface area contributed by atoms with Gasteiger partial charge in [0, 0.05) is 0 Å². The molecule has 0 aromatic carbocycles. The minimum absolute atomic E-state index is 0.157. The molecule has 1 rings (SSSR count). The lowest BCUT2D eigenvalue weighted by atomic mass is 10.0. The fraction of sp³-hybridized carbons (Fsp3) is 0.778. The molecule has 0 aliphatic carbocycles. The minimum Gasteiger partial charge on any atom is -0.480 e. The highest BCUT2D eigenvalue weighted by molar-refractivity contribution is 8.01. The van der Waals surface area contributed by atoms with Gasteiger partial charge in [-0.05, 0) is 32.4 Å². The van der Waals surface area contributed by atoms with Crippen molar-refractivity contribution in [2.24, 2.45) is 0 Å². The van der Waals surface area contributed by atoms with Crippen LogP contribution in [0.1, 0.15) is 26.7 Å². The van der Waals surface area contributed by atoms with Crippen LogP contribution in [0.2, 0.25) is 0 Å². The first kappa shape index (κ1) is 11.4. The van der Waals surface area contributed by atoms with Crippen LogP contribution < -0.4 is 5.32 Å². The summed E-state index contributed by atoms with van der Waals surface area (Å²) in [5.74, 6) is -0.175. The Morgan fingerprint density at radius 1 is 1.57 bits per heavy atom. The first-order valence-corrected chi connectivity index (χ1v) is 5.62. The van der Waals surface area contributed by atoms with E-state index in [4.69, 9.17) is 5.11 Å². The number of carboxylic acid groups (broad SMARTS) is 1. The number of carbonyl (C=O) groups is 2. The van der Waals surface area contributed by atoms with Crippen molar-refractivity contribution in [2.45, 2.75) is 37.5 Å². The molecular weight excluding hydrogens is 202 g/mol. The first-order valence-electron chi connectivity index (χ1n) is 4.63. The van der Waals surface area contributed by atoms with E-state index in [9.17, 15) is 9.59 Å². The van der Waals surface area contributed by atoms with E-state index in [-0.39, 0.29) is 5.91 Å². The highest BCUT2D eigenvalue weighted by Gasteiger charge is 2.38. The molecule has 14 heavy (non-hydrogen) atoms. The Labute approximate surface area is 87.4 Å². The molecule has 1 saturated heterocycles.